The van der Waals surface area contributed by atoms with Crippen LogP contribution in [0, 0.1) is 11.6 Å². The molecular formula is C27H35ClF2O4. The Kier molecular flexibility index (Phi) is 11.2. The maximum Gasteiger partial charge on any atom is 0.132 e. The molecule has 4 atom stereocenters. The summed E-state index contributed by atoms with van der Waals surface area (Å²) in [5.74, 6) is -1.42. The topological polar surface area (TPSA) is 36.9 Å². The first-order valence-corrected chi connectivity index (χ1v) is 12.7. The van der Waals surface area contributed by atoms with E-state index in [2.05, 4.69) is 13.8 Å². The van der Waals surface area contributed by atoms with Gasteiger partial charge in [-0.25, -0.2) is 8.78 Å². The van der Waals surface area contributed by atoms with Crippen molar-refractivity contribution in [2.45, 2.75) is 76.4 Å². The van der Waals surface area contributed by atoms with Crippen molar-refractivity contribution in [3.05, 3.63) is 70.8 Å². The number of rotatable bonds is 14. The fourth-order valence-electron chi connectivity index (χ4n) is 4.01. The van der Waals surface area contributed by atoms with Crippen LogP contribution in [0.15, 0.2) is 42.5 Å². The van der Waals surface area contributed by atoms with Gasteiger partial charge in [0.2, 0.25) is 0 Å². The quantitative estimate of drug-likeness (QED) is 0.214. The Morgan fingerprint density at radius 1 is 0.912 bits per heavy atom. The van der Waals surface area contributed by atoms with Gasteiger partial charge in [0.15, 0.2) is 0 Å². The molecule has 0 aliphatic carbocycles. The molecule has 0 amide bonds. The standard InChI is InChI=1S/C27H35ClF2O4/c1-3-5-12-31-18-24-26(33-17-19-10-8-7-9-11-19)27(32-13-6-4-2)25(34-24)21-14-20(16-28)22(29)15-23(21)30/h7-11,14-15,24-27H,3-6,12-13,16-18H2,1-2H3/t24-,25+,26-,27?/m1/s1. The second-order valence-electron chi connectivity index (χ2n) is 8.57. The molecule has 0 radical (unpaired) electrons. The van der Waals surface area contributed by atoms with Crippen molar-refractivity contribution in [3.63, 3.8) is 0 Å². The number of unbranched alkanes of at least 4 members (excludes halogenated alkanes) is 2. The van der Waals surface area contributed by atoms with Crippen molar-refractivity contribution in [1.82, 2.24) is 0 Å². The first kappa shape index (κ1) is 27.0. The molecule has 1 aliphatic rings. The molecule has 1 fully saturated rings. The molecule has 0 saturated carbocycles. The molecule has 0 aromatic heterocycles. The highest BCUT2D eigenvalue weighted by Crippen LogP contribution is 2.40. The zero-order chi connectivity index (χ0) is 24.3. The second-order valence-corrected chi connectivity index (χ2v) is 8.84. The minimum absolute atomic E-state index is 0.0648. The predicted octanol–water partition coefficient (Wildman–Crippen LogP) is 6.73. The third kappa shape index (κ3) is 7.22. The van der Waals surface area contributed by atoms with Gasteiger partial charge in [-0.05, 0) is 24.5 Å². The number of alkyl halides is 1. The fourth-order valence-corrected chi connectivity index (χ4v) is 4.21. The SMILES string of the molecule is CCCCOC[C@H]1O[C@@H](c2cc(CCl)c(F)cc2F)C(OCCCC)[C@@H]1OCc1ccccc1. The van der Waals surface area contributed by atoms with E-state index in [1.165, 1.54) is 6.07 Å². The summed E-state index contributed by atoms with van der Waals surface area (Å²) in [6.45, 7) is 5.93. The maximum absolute atomic E-state index is 14.9. The van der Waals surface area contributed by atoms with Crippen LogP contribution in [-0.2, 0) is 31.4 Å². The van der Waals surface area contributed by atoms with Crippen LogP contribution in [0.3, 0.4) is 0 Å². The van der Waals surface area contributed by atoms with Crippen LogP contribution in [-0.4, -0.2) is 38.1 Å². The molecule has 1 unspecified atom stereocenters. The van der Waals surface area contributed by atoms with E-state index in [0.717, 1.165) is 37.3 Å². The molecule has 34 heavy (non-hydrogen) atoms. The monoisotopic (exact) mass is 496 g/mol. The average Bonchev–Trinajstić information content (AvgIpc) is 3.18. The molecule has 1 heterocycles. The minimum atomic E-state index is -0.764. The Morgan fingerprint density at radius 2 is 1.65 bits per heavy atom. The van der Waals surface area contributed by atoms with E-state index < -0.39 is 36.1 Å². The van der Waals surface area contributed by atoms with E-state index in [4.69, 9.17) is 30.5 Å². The van der Waals surface area contributed by atoms with Gasteiger partial charge in [-0.3, -0.25) is 0 Å². The molecule has 4 nitrogen and oxygen atoms in total. The predicted molar refractivity (Wildman–Crippen MR) is 129 cm³/mol. The van der Waals surface area contributed by atoms with E-state index in [9.17, 15) is 8.78 Å². The molecule has 188 valence electrons. The number of hydrogen-bond donors (Lipinski definition) is 0. The van der Waals surface area contributed by atoms with Crippen LogP contribution in [0.4, 0.5) is 8.78 Å². The number of ether oxygens (including phenoxy) is 4. The Hall–Kier alpha value is -1.57. The van der Waals surface area contributed by atoms with Gasteiger partial charge in [0, 0.05) is 30.4 Å². The van der Waals surface area contributed by atoms with Crippen molar-refractivity contribution < 1.29 is 27.7 Å². The summed E-state index contributed by atoms with van der Waals surface area (Å²) in [6, 6.07) is 12.1. The van der Waals surface area contributed by atoms with Crippen molar-refractivity contribution in [3.8, 4) is 0 Å². The highest BCUT2D eigenvalue weighted by molar-refractivity contribution is 6.17. The van der Waals surface area contributed by atoms with Crippen molar-refractivity contribution in [1.29, 1.82) is 0 Å². The molecule has 7 heteroatoms. The lowest BCUT2D eigenvalue weighted by molar-refractivity contribution is -0.0854. The lowest BCUT2D eigenvalue weighted by atomic mass is 9.98. The van der Waals surface area contributed by atoms with Crippen molar-refractivity contribution >= 4 is 11.6 Å². The summed E-state index contributed by atoms with van der Waals surface area (Å²) in [5.41, 5.74) is 1.46. The van der Waals surface area contributed by atoms with Gasteiger partial charge in [-0.2, -0.15) is 0 Å². The number of hydrogen-bond acceptors (Lipinski definition) is 4. The van der Waals surface area contributed by atoms with Crippen LogP contribution >= 0.6 is 11.6 Å². The van der Waals surface area contributed by atoms with Gasteiger partial charge >= 0.3 is 0 Å². The molecule has 1 saturated heterocycles. The summed E-state index contributed by atoms with van der Waals surface area (Å²) in [6.07, 6.45) is 1.50. The third-order valence-corrected chi connectivity index (χ3v) is 6.23. The lowest BCUT2D eigenvalue weighted by Gasteiger charge is -2.25. The largest absolute Gasteiger partial charge is 0.379 e. The summed E-state index contributed by atoms with van der Waals surface area (Å²) in [5, 5.41) is 0. The van der Waals surface area contributed by atoms with Crippen LogP contribution in [0.1, 0.15) is 62.3 Å². The molecular weight excluding hydrogens is 462 g/mol. The van der Waals surface area contributed by atoms with Gasteiger partial charge in [-0.15, -0.1) is 11.6 Å². The summed E-state index contributed by atoms with van der Waals surface area (Å²) < 4.78 is 53.8. The van der Waals surface area contributed by atoms with Crippen molar-refractivity contribution in [2.75, 3.05) is 19.8 Å². The Balaban J connectivity index is 1.88. The third-order valence-electron chi connectivity index (χ3n) is 5.94. The van der Waals surface area contributed by atoms with Crippen LogP contribution in [0.25, 0.3) is 0 Å². The number of halogens is 3. The molecule has 1 aliphatic heterocycles. The van der Waals surface area contributed by atoms with E-state index >= 15 is 0 Å². The first-order chi connectivity index (χ1) is 16.6. The van der Waals surface area contributed by atoms with Crippen LogP contribution in [0.2, 0.25) is 0 Å². The zero-order valence-corrected chi connectivity index (χ0v) is 20.7. The minimum Gasteiger partial charge on any atom is -0.379 e. The van der Waals surface area contributed by atoms with Crippen LogP contribution in [0.5, 0.6) is 0 Å². The normalized spacial score (nSPS) is 22.4. The molecule has 0 spiro atoms. The average molecular weight is 497 g/mol. The van der Waals surface area contributed by atoms with Crippen molar-refractivity contribution in [2.24, 2.45) is 0 Å². The Labute approximate surface area is 206 Å². The van der Waals surface area contributed by atoms with Crippen LogP contribution < -0.4 is 0 Å². The Morgan fingerprint density at radius 3 is 2.35 bits per heavy atom. The molecule has 3 rings (SSSR count). The fraction of sp³-hybridized carbons (Fsp3) is 0.556. The van der Waals surface area contributed by atoms with Gasteiger partial charge in [-0.1, -0.05) is 57.0 Å². The summed E-state index contributed by atoms with van der Waals surface area (Å²) in [4.78, 5) is 0. The highest BCUT2D eigenvalue weighted by atomic mass is 35.5. The summed E-state index contributed by atoms with van der Waals surface area (Å²) in [7, 11) is 0. The Bertz CT molecular complexity index is 867. The van der Waals surface area contributed by atoms with Gasteiger partial charge < -0.3 is 18.9 Å². The summed E-state index contributed by atoms with van der Waals surface area (Å²) >= 11 is 5.90. The smallest absolute Gasteiger partial charge is 0.132 e. The first-order valence-electron chi connectivity index (χ1n) is 12.1. The second kappa shape index (κ2) is 14.1. The lowest BCUT2D eigenvalue weighted by Crippen LogP contribution is -2.38. The van der Waals surface area contributed by atoms with Gasteiger partial charge in [0.05, 0.1) is 19.1 Å². The van der Waals surface area contributed by atoms with E-state index in [1.54, 1.807) is 0 Å². The van der Waals surface area contributed by atoms with E-state index in [0.29, 0.717) is 26.4 Å². The molecule has 0 bridgehead atoms. The molecule has 2 aromatic rings. The molecule has 0 N–H and O–H groups in total. The number of benzene rings is 2. The van der Waals surface area contributed by atoms with Gasteiger partial charge in [0.25, 0.3) is 0 Å². The van der Waals surface area contributed by atoms with Gasteiger partial charge in [0.1, 0.15) is 36.1 Å². The van der Waals surface area contributed by atoms with E-state index in [1.807, 2.05) is 30.3 Å². The van der Waals surface area contributed by atoms with E-state index in [-0.39, 0.29) is 17.0 Å². The molecule has 2 aromatic carbocycles. The zero-order valence-electron chi connectivity index (χ0n) is 20.0. The highest BCUT2D eigenvalue weighted by Gasteiger charge is 2.48. The maximum atomic E-state index is 14.9.